The fourth-order valence-corrected chi connectivity index (χ4v) is 3.91. The van der Waals surface area contributed by atoms with Crippen LogP contribution >= 0.6 is 11.3 Å². The number of amides is 1. The molecule has 6 heteroatoms. The van der Waals surface area contributed by atoms with Gasteiger partial charge in [-0.15, -0.1) is 11.3 Å². The van der Waals surface area contributed by atoms with Crippen molar-refractivity contribution in [2.45, 2.75) is 32.2 Å². The van der Waals surface area contributed by atoms with Gasteiger partial charge in [-0.05, 0) is 38.3 Å². The summed E-state index contributed by atoms with van der Waals surface area (Å²) in [6.07, 6.45) is 4.26. The Morgan fingerprint density at radius 2 is 2.05 bits per heavy atom. The molecule has 2 aliphatic rings. The lowest BCUT2D eigenvalue weighted by molar-refractivity contribution is -0.133. The van der Waals surface area contributed by atoms with Gasteiger partial charge in [-0.1, -0.05) is 0 Å². The first-order valence-corrected chi connectivity index (χ1v) is 9.33. The van der Waals surface area contributed by atoms with Gasteiger partial charge in [0.2, 0.25) is 5.91 Å². The first kappa shape index (κ1) is 15.9. The second kappa shape index (κ2) is 8.04. The first-order valence-electron chi connectivity index (χ1n) is 8.39. The molecule has 5 nitrogen and oxygen atoms in total. The van der Waals surface area contributed by atoms with E-state index >= 15 is 0 Å². The van der Waals surface area contributed by atoms with Gasteiger partial charge in [-0.25, -0.2) is 4.98 Å². The van der Waals surface area contributed by atoms with Gasteiger partial charge in [0.05, 0.1) is 11.2 Å². The van der Waals surface area contributed by atoms with Crippen LogP contribution in [0.5, 0.6) is 0 Å². The van der Waals surface area contributed by atoms with Gasteiger partial charge in [-0.3, -0.25) is 9.69 Å². The molecule has 1 N–H and O–H groups in total. The molecule has 2 fully saturated rings. The molecule has 22 heavy (non-hydrogen) atoms. The molecule has 0 spiro atoms. The van der Waals surface area contributed by atoms with Crippen molar-refractivity contribution in [1.82, 2.24) is 20.1 Å². The topological polar surface area (TPSA) is 48.5 Å². The van der Waals surface area contributed by atoms with E-state index in [4.69, 9.17) is 0 Å². The standard InChI is InChI=1S/C16H26N4OS/c21-16(2-1-14-3-5-17-6-4-14)20-9-7-19(8-10-20)11-15-12-22-13-18-15/h12-14,17H,1-11H2. The van der Waals surface area contributed by atoms with Crippen LogP contribution in [-0.4, -0.2) is 60.0 Å². The largest absolute Gasteiger partial charge is 0.340 e. The molecule has 2 saturated heterocycles. The SMILES string of the molecule is O=C(CCC1CCNCC1)N1CCN(Cc2cscn2)CC1. The quantitative estimate of drug-likeness (QED) is 0.894. The number of carbonyl (C=O) groups is 1. The Bertz CT molecular complexity index is 451. The van der Waals surface area contributed by atoms with E-state index in [9.17, 15) is 4.79 Å². The van der Waals surface area contributed by atoms with Crippen LogP contribution in [0, 0.1) is 5.92 Å². The maximum atomic E-state index is 12.3. The van der Waals surface area contributed by atoms with Crippen LogP contribution in [0.1, 0.15) is 31.4 Å². The van der Waals surface area contributed by atoms with Crippen molar-refractivity contribution in [2.75, 3.05) is 39.3 Å². The molecule has 1 amide bonds. The minimum atomic E-state index is 0.354. The zero-order chi connectivity index (χ0) is 15.2. The lowest BCUT2D eigenvalue weighted by atomic mass is 9.93. The van der Waals surface area contributed by atoms with Crippen molar-refractivity contribution in [2.24, 2.45) is 5.92 Å². The molecule has 0 atom stereocenters. The van der Waals surface area contributed by atoms with Crippen molar-refractivity contribution in [1.29, 1.82) is 0 Å². The summed E-state index contributed by atoms with van der Waals surface area (Å²) in [6.45, 7) is 6.83. The van der Waals surface area contributed by atoms with Crippen molar-refractivity contribution in [3.05, 3.63) is 16.6 Å². The molecule has 0 radical (unpaired) electrons. The Morgan fingerprint density at radius 3 is 2.73 bits per heavy atom. The number of piperidine rings is 1. The summed E-state index contributed by atoms with van der Waals surface area (Å²) in [5, 5.41) is 5.49. The van der Waals surface area contributed by atoms with Gasteiger partial charge in [0, 0.05) is 44.5 Å². The predicted molar refractivity (Wildman–Crippen MR) is 88.8 cm³/mol. The zero-order valence-electron chi connectivity index (χ0n) is 13.2. The number of piperazine rings is 1. The van der Waals surface area contributed by atoms with Gasteiger partial charge in [-0.2, -0.15) is 0 Å². The maximum Gasteiger partial charge on any atom is 0.222 e. The molecule has 0 saturated carbocycles. The molecule has 2 aliphatic heterocycles. The summed E-state index contributed by atoms with van der Waals surface area (Å²) >= 11 is 1.65. The lowest BCUT2D eigenvalue weighted by Crippen LogP contribution is -2.48. The monoisotopic (exact) mass is 322 g/mol. The molecular weight excluding hydrogens is 296 g/mol. The van der Waals surface area contributed by atoms with E-state index in [0.717, 1.165) is 70.3 Å². The van der Waals surface area contributed by atoms with Crippen LogP contribution in [0.4, 0.5) is 0 Å². The third kappa shape index (κ3) is 4.51. The summed E-state index contributed by atoms with van der Waals surface area (Å²) in [6, 6.07) is 0. The average Bonchev–Trinajstić information content (AvgIpc) is 3.07. The van der Waals surface area contributed by atoms with E-state index < -0.39 is 0 Å². The van der Waals surface area contributed by atoms with Gasteiger partial charge >= 0.3 is 0 Å². The summed E-state index contributed by atoms with van der Waals surface area (Å²) in [7, 11) is 0. The highest BCUT2D eigenvalue weighted by molar-refractivity contribution is 7.07. The second-order valence-electron chi connectivity index (χ2n) is 6.37. The van der Waals surface area contributed by atoms with Crippen LogP contribution in [0.3, 0.4) is 0 Å². The highest BCUT2D eigenvalue weighted by Gasteiger charge is 2.22. The maximum absolute atomic E-state index is 12.3. The van der Waals surface area contributed by atoms with Gasteiger partial charge in [0.25, 0.3) is 0 Å². The third-order valence-corrected chi connectivity index (χ3v) is 5.45. The average molecular weight is 322 g/mol. The molecule has 3 heterocycles. The fraction of sp³-hybridized carbons (Fsp3) is 0.750. The minimum Gasteiger partial charge on any atom is -0.340 e. The molecule has 0 bridgehead atoms. The number of nitrogens with zero attached hydrogens (tertiary/aromatic N) is 3. The Morgan fingerprint density at radius 1 is 1.27 bits per heavy atom. The fourth-order valence-electron chi connectivity index (χ4n) is 3.36. The van der Waals surface area contributed by atoms with Crippen LogP contribution in [0.25, 0.3) is 0 Å². The normalized spacial score (nSPS) is 21.2. The zero-order valence-corrected chi connectivity index (χ0v) is 14.0. The van der Waals surface area contributed by atoms with Crippen molar-refractivity contribution in [3.63, 3.8) is 0 Å². The smallest absolute Gasteiger partial charge is 0.222 e. The van der Waals surface area contributed by atoms with E-state index in [1.807, 2.05) is 5.51 Å². The highest BCUT2D eigenvalue weighted by Crippen LogP contribution is 2.19. The first-order chi connectivity index (χ1) is 10.8. The number of hydrogen-bond donors (Lipinski definition) is 1. The molecule has 1 aromatic rings. The molecule has 122 valence electrons. The Hall–Kier alpha value is -0.980. The minimum absolute atomic E-state index is 0.354. The van der Waals surface area contributed by atoms with Gasteiger partial charge in [0.1, 0.15) is 0 Å². The third-order valence-electron chi connectivity index (χ3n) is 4.82. The predicted octanol–water partition coefficient (Wildman–Crippen LogP) is 1.57. The Labute approximate surface area is 136 Å². The number of thiazole rings is 1. The number of hydrogen-bond acceptors (Lipinski definition) is 5. The summed E-state index contributed by atoms with van der Waals surface area (Å²) in [4.78, 5) is 21.1. The van der Waals surface area contributed by atoms with E-state index in [1.54, 1.807) is 11.3 Å². The van der Waals surface area contributed by atoms with Crippen molar-refractivity contribution >= 4 is 17.2 Å². The molecule has 0 aliphatic carbocycles. The van der Waals surface area contributed by atoms with Gasteiger partial charge < -0.3 is 10.2 Å². The van der Waals surface area contributed by atoms with Crippen molar-refractivity contribution in [3.8, 4) is 0 Å². The van der Waals surface area contributed by atoms with E-state index in [0.29, 0.717) is 5.91 Å². The van der Waals surface area contributed by atoms with Crippen LogP contribution in [0.2, 0.25) is 0 Å². The summed E-state index contributed by atoms with van der Waals surface area (Å²) < 4.78 is 0. The van der Waals surface area contributed by atoms with Crippen LogP contribution in [0.15, 0.2) is 10.9 Å². The Kier molecular flexibility index (Phi) is 5.81. The van der Waals surface area contributed by atoms with E-state index in [-0.39, 0.29) is 0 Å². The second-order valence-corrected chi connectivity index (χ2v) is 7.09. The molecule has 3 rings (SSSR count). The molecule has 1 aromatic heterocycles. The molecular formula is C16H26N4OS. The van der Waals surface area contributed by atoms with Crippen molar-refractivity contribution < 1.29 is 4.79 Å². The number of aromatic nitrogens is 1. The molecule has 0 aromatic carbocycles. The molecule has 0 unspecified atom stereocenters. The highest BCUT2D eigenvalue weighted by atomic mass is 32.1. The van der Waals surface area contributed by atoms with Crippen LogP contribution in [-0.2, 0) is 11.3 Å². The number of nitrogens with one attached hydrogen (secondary N) is 1. The van der Waals surface area contributed by atoms with Crippen LogP contribution < -0.4 is 5.32 Å². The number of carbonyl (C=O) groups excluding carboxylic acids is 1. The summed E-state index contributed by atoms with van der Waals surface area (Å²) in [5.74, 6) is 1.10. The van der Waals surface area contributed by atoms with Gasteiger partial charge in [0.15, 0.2) is 0 Å². The summed E-state index contributed by atoms with van der Waals surface area (Å²) in [5.41, 5.74) is 3.03. The lowest BCUT2D eigenvalue weighted by Gasteiger charge is -2.34. The Balaban J connectivity index is 1.36. The van der Waals surface area contributed by atoms with E-state index in [1.165, 1.54) is 12.8 Å². The van der Waals surface area contributed by atoms with E-state index in [2.05, 4.69) is 25.5 Å². The number of rotatable bonds is 5.